The molecular weight excluding hydrogens is 332 g/mol. The lowest BCUT2D eigenvalue weighted by atomic mass is 10.1. The summed E-state index contributed by atoms with van der Waals surface area (Å²) in [7, 11) is 0. The summed E-state index contributed by atoms with van der Waals surface area (Å²) in [6.45, 7) is 0. The molecule has 0 bridgehead atoms. The van der Waals surface area contributed by atoms with Crippen LogP contribution in [0.5, 0.6) is 0 Å². The molecule has 0 radical (unpaired) electrons. The molecule has 0 spiro atoms. The van der Waals surface area contributed by atoms with Crippen LogP contribution >= 0.6 is 27.3 Å². The highest BCUT2D eigenvalue weighted by Gasteiger charge is 2.05. The number of benzene rings is 1. The highest BCUT2D eigenvalue weighted by atomic mass is 79.9. The smallest absolute Gasteiger partial charge is 0.335 e. The maximum Gasteiger partial charge on any atom is 0.335 e. The number of hydrogen-bond acceptors (Lipinski definition) is 6. The number of hydrogen-bond donors (Lipinski definition) is 3. The molecule has 0 unspecified atom stereocenters. The number of nitrogens with zero attached hydrogens (tertiary/aromatic N) is 2. The Kier molecular flexibility index (Phi) is 4.13. The lowest BCUT2D eigenvalue weighted by Gasteiger charge is -2.00. The molecule has 2 aromatic rings. The molecule has 19 heavy (non-hydrogen) atoms. The van der Waals surface area contributed by atoms with Crippen molar-refractivity contribution in [2.24, 2.45) is 5.10 Å². The van der Waals surface area contributed by atoms with Gasteiger partial charge in [0.2, 0.25) is 5.13 Å². The molecule has 4 N–H and O–H groups in total. The van der Waals surface area contributed by atoms with Gasteiger partial charge in [-0.2, -0.15) is 5.10 Å². The van der Waals surface area contributed by atoms with Crippen molar-refractivity contribution in [2.75, 3.05) is 11.2 Å². The van der Waals surface area contributed by atoms with Crippen LogP contribution < -0.4 is 11.2 Å². The van der Waals surface area contributed by atoms with Crippen molar-refractivity contribution < 1.29 is 9.90 Å². The minimum Gasteiger partial charge on any atom is -0.478 e. The van der Waals surface area contributed by atoms with Crippen LogP contribution in [0.3, 0.4) is 0 Å². The van der Waals surface area contributed by atoms with Crippen molar-refractivity contribution in [3.05, 3.63) is 39.2 Å². The maximum atomic E-state index is 10.9. The number of thiazole rings is 1. The first kappa shape index (κ1) is 13.5. The molecule has 2 rings (SSSR count). The Morgan fingerprint density at radius 3 is 3.00 bits per heavy atom. The molecule has 0 amide bonds. The topological polar surface area (TPSA) is 101 Å². The number of aromatic nitrogens is 1. The van der Waals surface area contributed by atoms with E-state index in [0.717, 1.165) is 4.47 Å². The van der Waals surface area contributed by atoms with E-state index in [1.807, 2.05) is 0 Å². The van der Waals surface area contributed by atoms with Gasteiger partial charge in [0.1, 0.15) is 5.82 Å². The van der Waals surface area contributed by atoms with Crippen LogP contribution in [-0.4, -0.2) is 22.3 Å². The number of halogens is 1. The molecule has 0 saturated heterocycles. The number of carboxylic acids is 1. The SMILES string of the molecule is Nc1csc(NN=Cc2cc(C(=O)O)ccc2Br)n1. The molecule has 6 nitrogen and oxygen atoms in total. The van der Waals surface area contributed by atoms with Crippen LogP contribution in [0.25, 0.3) is 0 Å². The van der Waals surface area contributed by atoms with Gasteiger partial charge >= 0.3 is 5.97 Å². The normalized spacial score (nSPS) is 10.8. The average molecular weight is 341 g/mol. The van der Waals surface area contributed by atoms with Crippen LogP contribution in [0.4, 0.5) is 10.9 Å². The minimum absolute atomic E-state index is 0.197. The zero-order chi connectivity index (χ0) is 13.8. The van der Waals surface area contributed by atoms with E-state index in [2.05, 4.69) is 31.4 Å². The van der Waals surface area contributed by atoms with E-state index in [4.69, 9.17) is 10.8 Å². The van der Waals surface area contributed by atoms with Crippen molar-refractivity contribution in [1.29, 1.82) is 0 Å². The zero-order valence-electron chi connectivity index (χ0n) is 9.50. The average Bonchev–Trinajstić information content (AvgIpc) is 2.77. The second-order valence-corrected chi connectivity index (χ2v) is 5.20. The van der Waals surface area contributed by atoms with Gasteiger partial charge in [0, 0.05) is 15.4 Å². The molecular formula is C11H9BrN4O2S. The summed E-state index contributed by atoms with van der Waals surface area (Å²) in [4.78, 5) is 14.8. The molecule has 1 heterocycles. The van der Waals surface area contributed by atoms with E-state index in [1.54, 1.807) is 11.4 Å². The monoisotopic (exact) mass is 340 g/mol. The minimum atomic E-state index is -0.984. The molecule has 98 valence electrons. The molecule has 0 aliphatic rings. The third kappa shape index (κ3) is 3.52. The third-order valence-electron chi connectivity index (χ3n) is 2.13. The van der Waals surface area contributed by atoms with Gasteiger partial charge in [-0.05, 0) is 18.2 Å². The number of nitrogen functional groups attached to an aromatic ring is 1. The molecule has 0 fully saturated rings. The van der Waals surface area contributed by atoms with Gasteiger partial charge in [-0.3, -0.25) is 5.43 Å². The molecule has 0 atom stereocenters. The van der Waals surface area contributed by atoms with Crippen molar-refractivity contribution >= 4 is 50.4 Å². The van der Waals surface area contributed by atoms with Gasteiger partial charge in [-0.1, -0.05) is 15.9 Å². The number of carboxylic acid groups (broad SMARTS) is 1. The molecule has 1 aromatic heterocycles. The Morgan fingerprint density at radius 1 is 1.58 bits per heavy atom. The lowest BCUT2D eigenvalue weighted by molar-refractivity contribution is 0.0697. The van der Waals surface area contributed by atoms with E-state index in [9.17, 15) is 4.79 Å². The van der Waals surface area contributed by atoms with E-state index in [-0.39, 0.29) is 5.56 Å². The Hall–Kier alpha value is -1.93. The predicted molar refractivity (Wildman–Crippen MR) is 78.8 cm³/mol. The van der Waals surface area contributed by atoms with Crippen LogP contribution in [0.15, 0.2) is 33.2 Å². The van der Waals surface area contributed by atoms with Crippen LogP contribution in [0.2, 0.25) is 0 Å². The predicted octanol–water partition coefficient (Wildman–Crippen LogP) is 2.63. The van der Waals surface area contributed by atoms with Crippen molar-refractivity contribution in [1.82, 2.24) is 4.98 Å². The molecule has 1 aromatic carbocycles. The zero-order valence-corrected chi connectivity index (χ0v) is 11.9. The lowest BCUT2D eigenvalue weighted by Crippen LogP contribution is -1.98. The Bertz CT molecular complexity index is 641. The summed E-state index contributed by atoms with van der Waals surface area (Å²) in [5.74, 6) is -0.556. The Balaban J connectivity index is 2.13. The summed E-state index contributed by atoms with van der Waals surface area (Å²) < 4.78 is 0.752. The number of carbonyl (C=O) groups is 1. The standard InChI is InChI=1S/C11H9BrN4O2S/c12-8-2-1-6(10(17)18)3-7(8)4-14-16-11-15-9(13)5-19-11/h1-5H,13H2,(H,15,16)(H,17,18). The summed E-state index contributed by atoms with van der Waals surface area (Å²) in [6, 6.07) is 4.69. The van der Waals surface area contributed by atoms with Gasteiger partial charge in [-0.25, -0.2) is 9.78 Å². The largest absolute Gasteiger partial charge is 0.478 e. The molecule has 8 heteroatoms. The van der Waals surface area contributed by atoms with Gasteiger partial charge < -0.3 is 10.8 Å². The van der Waals surface area contributed by atoms with E-state index in [1.165, 1.54) is 29.7 Å². The Morgan fingerprint density at radius 2 is 2.37 bits per heavy atom. The number of nitrogens with one attached hydrogen (secondary N) is 1. The highest BCUT2D eigenvalue weighted by molar-refractivity contribution is 9.10. The molecule has 0 aliphatic heterocycles. The molecule has 0 saturated carbocycles. The van der Waals surface area contributed by atoms with Gasteiger partial charge in [-0.15, -0.1) is 11.3 Å². The number of nitrogens with two attached hydrogens (primary N) is 1. The third-order valence-corrected chi connectivity index (χ3v) is 3.62. The van der Waals surface area contributed by atoms with E-state index < -0.39 is 5.97 Å². The number of hydrazone groups is 1. The van der Waals surface area contributed by atoms with Gasteiger partial charge in [0.05, 0.1) is 11.8 Å². The maximum absolute atomic E-state index is 10.9. The fourth-order valence-electron chi connectivity index (χ4n) is 1.27. The Labute approximate surface area is 121 Å². The van der Waals surface area contributed by atoms with Crippen LogP contribution in [-0.2, 0) is 0 Å². The van der Waals surface area contributed by atoms with Crippen molar-refractivity contribution in [2.45, 2.75) is 0 Å². The summed E-state index contributed by atoms with van der Waals surface area (Å²) in [5, 5.41) is 15.2. The quantitative estimate of drug-likeness (QED) is 0.586. The summed E-state index contributed by atoms with van der Waals surface area (Å²) in [5.41, 5.74) is 9.04. The molecule has 0 aliphatic carbocycles. The second kappa shape index (κ2) is 5.81. The number of anilines is 2. The number of aromatic carboxylic acids is 1. The fraction of sp³-hybridized carbons (Fsp3) is 0. The van der Waals surface area contributed by atoms with Crippen LogP contribution in [0.1, 0.15) is 15.9 Å². The van der Waals surface area contributed by atoms with Crippen molar-refractivity contribution in [3.63, 3.8) is 0 Å². The fourth-order valence-corrected chi connectivity index (χ4v) is 2.17. The highest BCUT2D eigenvalue weighted by Crippen LogP contribution is 2.18. The first-order chi connectivity index (χ1) is 9.06. The first-order valence-corrected chi connectivity index (χ1v) is 6.76. The van der Waals surface area contributed by atoms with Gasteiger partial charge in [0.15, 0.2) is 0 Å². The van der Waals surface area contributed by atoms with Gasteiger partial charge in [0.25, 0.3) is 0 Å². The summed E-state index contributed by atoms with van der Waals surface area (Å²) in [6.07, 6.45) is 1.51. The van der Waals surface area contributed by atoms with Crippen molar-refractivity contribution in [3.8, 4) is 0 Å². The van der Waals surface area contributed by atoms with Crippen LogP contribution in [0, 0.1) is 0 Å². The van der Waals surface area contributed by atoms with E-state index >= 15 is 0 Å². The second-order valence-electron chi connectivity index (χ2n) is 3.49. The van der Waals surface area contributed by atoms with E-state index in [0.29, 0.717) is 16.5 Å². The first-order valence-electron chi connectivity index (χ1n) is 5.09. The number of rotatable bonds is 4. The summed E-state index contributed by atoms with van der Waals surface area (Å²) >= 11 is 4.66.